The molecule has 0 aromatic carbocycles. The van der Waals surface area contributed by atoms with E-state index in [9.17, 15) is 4.79 Å². The van der Waals surface area contributed by atoms with Gasteiger partial charge in [0.25, 0.3) is 5.56 Å². The molecule has 0 radical (unpaired) electrons. The molecule has 5 rings (SSSR count). The van der Waals surface area contributed by atoms with Crippen LogP contribution in [-0.4, -0.2) is 19.7 Å². The SMILES string of the molecule is CC(C)(C)c1nnc(CSc2nc3sc4c(c3c(=O)n2C2CCCC2)CCCC4)o1. The summed E-state index contributed by atoms with van der Waals surface area (Å²) in [5.74, 6) is 1.75. The summed E-state index contributed by atoms with van der Waals surface area (Å²) < 4.78 is 7.85. The Hall–Kier alpha value is -1.67. The van der Waals surface area contributed by atoms with Gasteiger partial charge in [0, 0.05) is 16.3 Å². The first kappa shape index (κ1) is 20.2. The zero-order valence-corrected chi connectivity index (χ0v) is 19.5. The van der Waals surface area contributed by atoms with Gasteiger partial charge in [-0.25, -0.2) is 4.98 Å². The Morgan fingerprint density at radius 3 is 2.63 bits per heavy atom. The number of aromatic nitrogens is 4. The van der Waals surface area contributed by atoms with E-state index in [-0.39, 0.29) is 17.0 Å². The van der Waals surface area contributed by atoms with E-state index in [1.165, 1.54) is 36.1 Å². The lowest BCUT2D eigenvalue weighted by atomic mass is 9.97. The molecule has 30 heavy (non-hydrogen) atoms. The molecule has 0 N–H and O–H groups in total. The number of thioether (sulfide) groups is 1. The summed E-state index contributed by atoms with van der Waals surface area (Å²) in [7, 11) is 0. The van der Waals surface area contributed by atoms with E-state index in [0.29, 0.717) is 17.5 Å². The summed E-state index contributed by atoms with van der Waals surface area (Å²) in [6.45, 7) is 6.18. The first-order valence-electron chi connectivity index (χ1n) is 10.9. The molecule has 8 heteroatoms. The van der Waals surface area contributed by atoms with Crippen molar-refractivity contribution in [2.45, 2.75) is 94.5 Å². The highest BCUT2D eigenvalue weighted by Crippen LogP contribution is 2.38. The van der Waals surface area contributed by atoms with Crippen molar-refractivity contribution in [1.29, 1.82) is 0 Å². The van der Waals surface area contributed by atoms with Crippen LogP contribution in [0, 0.1) is 0 Å². The van der Waals surface area contributed by atoms with E-state index in [4.69, 9.17) is 9.40 Å². The summed E-state index contributed by atoms with van der Waals surface area (Å²) in [6.07, 6.45) is 8.96. The Kier molecular flexibility index (Phi) is 5.25. The van der Waals surface area contributed by atoms with Crippen molar-refractivity contribution in [3.63, 3.8) is 0 Å². The molecular formula is C22H28N4O2S2. The smallest absolute Gasteiger partial charge is 0.263 e. The molecule has 0 spiro atoms. The Morgan fingerprint density at radius 1 is 1.13 bits per heavy atom. The van der Waals surface area contributed by atoms with Gasteiger partial charge < -0.3 is 4.42 Å². The van der Waals surface area contributed by atoms with E-state index in [2.05, 4.69) is 31.0 Å². The maximum absolute atomic E-state index is 13.7. The topological polar surface area (TPSA) is 73.8 Å². The van der Waals surface area contributed by atoms with Crippen LogP contribution in [0.2, 0.25) is 0 Å². The number of fused-ring (bicyclic) bond motifs is 3. The predicted octanol–water partition coefficient (Wildman–Crippen LogP) is 5.42. The summed E-state index contributed by atoms with van der Waals surface area (Å²) in [6, 6.07) is 0.254. The first-order valence-corrected chi connectivity index (χ1v) is 12.7. The zero-order valence-electron chi connectivity index (χ0n) is 17.9. The molecule has 0 atom stereocenters. The second-order valence-electron chi connectivity index (χ2n) is 9.44. The van der Waals surface area contributed by atoms with Gasteiger partial charge in [-0.1, -0.05) is 45.4 Å². The normalized spacial score (nSPS) is 17.7. The first-order chi connectivity index (χ1) is 14.4. The Morgan fingerprint density at radius 2 is 1.90 bits per heavy atom. The minimum atomic E-state index is -0.172. The third kappa shape index (κ3) is 3.62. The standard InChI is InChI=1S/C22H28N4O2S2/c1-22(2,3)20-25-24-16(28-20)12-29-21-23-18-17(14-10-6-7-11-15(14)30-18)19(27)26(21)13-8-4-5-9-13/h13H,4-12H2,1-3H3. The van der Waals surface area contributed by atoms with Crippen molar-refractivity contribution in [3.05, 3.63) is 32.6 Å². The Bertz CT molecular complexity index is 1130. The largest absolute Gasteiger partial charge is 0.424 e. The molecular weight excluding hydrogens is 416 g/mol. The Balaban J connectivity index is 1.54. The molecule has 0 aliphatic heterocycles. The average Bonchev–Trinajstić information content (AvgIpc) is 3.44. The van der Waals surface area contributed by atoms with E-state index in [1.807, 2.05) is 4.57 Å². The maximum atomic E-state index is 13.7. The molecule has 0 saturated heterocycles. The monoisotopic (exact) mass is 444 g/mol. The maximum Gasteiger partial charge on any atom is 0.263 e. The van der Waals surface area contributed by atoms with Gasteiger partial charge in [0.15, 0.2) is 5.16 Å². The van der Waals surface area contributed by atoms with Crippen LogP contribution in [0.4, 0.5) is 0 Å². The van der Waals surface area contributed by atoms with Gasteiger partial charge in [-0.3, -0.25) is 9.36 Å². The van der Waals surface area contributed by atoms with Gasteiger partial charge in [-0.2, -0.15) is 0 Å². The molecule has 0 bridgehead atoms. The summed E-state index contributed by atoms with van der Waals surface area (Å²) >= 11 is 3.27. The third-order valence-corrected chi connectivity index (χ3v) is 8.23. The molecule has 6 nitrogen and oxygen atoms in total. The van der Waals surface area contributed by atoms with Gasteiger partial charge in [0.2, 0.25) is 11.8 Å². The fourth-order valence-corrected chi connectivity index (χ4v) is 6.73. The van der Waals surface area contributed by atoms with Crippen molar-refractivity contribution in [3.8, 4) is 0 Å². The third-order valence-electron chi connectivity index (χ3n) is 6.11. The molecule has 2 aliphatic carbocycles. The van der Waals surface area contributed by atoms with E-state index >= 15 is 0 Å². The van der Waals surface area contributed by atoms with Crippen LogP contribution in [0.3, 0.4) is 0 Å². The highest BCUT2D eigenvalue weighted by atomic mass is 32.2. The van der Waals surface area contributed by atoms with Crippen molar-refractivity contribution < 1.29 is 4.42 Å². The van der Waals surface area contributed by atoms with Crippen molar-refractivity contribution in [2.75, 3.05) is 0 Å². The van der Waals surface area contributed by atoms with Crippen LogP contribution in [0.5, 0.6) is 0 Å². The second kappa shape index (κ2) is 7.79. The van der Waals surface area contributed by atoms with Gasteiger partial charge in [0.05, 0.1) is 11.1 Å². The minimum Gasteiger partial charge on any atom is -0.424 e. The van der Waals surface area contributed by atoms with Crippen molar-refractivity contribution in [2.24, 2.45) is 0 Å². The second-order valence-corrected chi connectivity index (χ2v) is 11.5. The number of rotatable bonds is 4. The molecule has 1 saturated carbocycles. The lowest BCUT2D eigenvalue weighted by Crippen LogP contribution is -2.26. The molecule has 3 heterocycles. The predicted molar refractivity (Wildman–Crippen MR) is 121 cm³/mol. The van der Waals surface area contributed by atoms with Gasteiger partial charge in [-0.15, -0.1) is 21.5 Å². The van der Waals surface area contributed by atoms with Crippen molar-refractivity contribution >= 4 is 33.3 Å². The summed E-state index contributed by atoms with van der Waals surface area (Å²) in [4.78, 5) is 21.0. The zero-order chi connectivity index (χ0) is 20.9. The molecule has 1 fully saturated rings. The van der Waals surface area contributed by atoms with Crippen LogP contribution in [0.15, 0.2) is 14.4 Å². The molecule has 160 valence electrons. The number of aryl methyl sites for hydroxylation is 2. The van der Waals surface area contributed by atoms with E-state index in [1.54, 1.807) is 23.1 Å². The van der Waals surface area contributed by atoms with Gasteiger partial charge in [-0.05, 0) is 44.1 Å². The molecule has 0 unspecified atom stereocenters. The summed E-state index contributed by atoms with van der Waals surface area (Å²) in [5.41, 5.74) is 1.26. The van der Waals surface area contributed by atoms with Crippen LogP contribution in [-0.2, 0) is 24.0 Å². The average molecular weight is 445 g/mol. The quantitative estimate of drug-likeness (QED) is 0.395. The number of hydrogen-bond acceptors (Lipinski definition) is 7. The minimum absolute atomic E-state index is 0.162. The van der Waals surface area contributed by atoms with Crippen LogP contribution in [0.1, 0.15) is 87.6 Å². The highest BCUT2D eigenvalue weighted by molar-refractivity contribution is 7.98. The van der Waals surface area contributed by atoms with Crippen LogP contribution < -0.4 is 5.56 Å². The molecule has 0 amide bonds. The van der Waals surface area contributed by atoms with Gasteiger partial charge >= 0.3 is 0 Å². The van der Waals surface area contributed by atoms with Crippen LogP contribution in [0.25, 0.3) is 10.2 Å². The van der Waals surface area contributed by atoms with Crippen molar-refractivity contribution in [1.82, 2.24) is 19.7 Å². The van der Waals surface area contributed by atoms with Crippen LogP contribution >= 0.6 is 23.1 Å². The summed E-state index contributed by atoms with van der Waals surface area (Å²) in [5, 5.41) is 10.1. The lowest BCUT2D eigenvalue weighted by molar-refractivity contribution is 0.378. The fourth-order valence-electron chi connectivity index (χ4n) is 4.53. The molecule has 2 aliphatic rings. The Labute approximate surface area is 184 Å². The molecule has 3 aromatic heterocycles. The lowest BCUT2D eigenvalue weighted by Gasteiger charge is -2.18. The number of hydrogen-bond donors (Lipinski definition) is 0. The number of nitrogens with zero attached hydrogens (tertiary/aromatic N) is 4. The van der Waals surface area contributed by atoms with E-state index in [0.717, 1.165) is 41.1 Å². The van der Waals surface area contributed by atoms with Gasteiger partial charge in [0.1, 0.15) is 4.83 Å². The van der Waals surface area contributed by atoms with E-state index < -0.39 is 0 Å². The molecule has 3 aromatic rings. The number of thiophene rings is 1. The fraction of sp³-hybridized carbons (Fsp3) is 0.636. The highest BCUT2D eigenvalue weighted by Gasteiger charge is 2.27.